The molecule has 0 radical (unpaired) electrons. The summed E-state index contributed by atoms with van der Waals surface area (Å²) in [5.41, 5.74) is 2.48. The van der Waals surface area contributed by atoms with Gasteiger partial charge in [-0.05, 0) is 25.1 Å². The Bertz CT molecular complexity index is 1410. The normalized spacial score (nSPS) is 23.0. The number of amides is 2. The maximum atomic E-state index is 15.0. The van der Waals surface area contributed by atoms with Crippen LogP contribution in [0.1, 0.15) is 41.4 Å². The molecule has 3 N–H and O–H groups in total. The minimum Gasteiger partial charge on any atom is -0.485 e. The zero-order valence-corrected chi connectivity index (χ0v) is 20.9. The zero-order valence-electron chi connectivity index (χ0n) is 20.9. The number of halogens is 5. The third kappa shape index (κ3) is 5.28. The van der Waals surface area contributed by atoms with Crippen molar-refractivity contribution in [3.8, 4) is 5.75 Å². The lowest BCUT2D eigenvalue weighted by atomic mass is 9.77. The van der Waals surface area contributed by atoms with E-state index in [0.717, 1.165) is 25.1 Å². The highest BCUT2D eigenvalue weighted by molar-refractivity contribution is 5.97. The number of anilines is 1. The molecule has 4 rings (SSSR count). The van der Waals surface area contributed by atoms with Gasteiger partial charge in [0.25, 0.3) is 11.8 Å². The Morgan fingerprint density at radius 2 is 1.97 bits per heavy atom. The number of rotatable bonds is 7. The Hall–Kier alpha value is -4.07. The van der Waals surface area contributed by atoms with Gasteiger partial charge in [-0.2, -0.15) is 22.7 Å². The van der Waals surface area contributed by atoms with Crippen LogP contribution < -0.4 is 15.8 Å². The van der Waals surface area contributed by atoms with Gasteiger partial charge in [0.05, 0.1) is 6.20 Å². The molecule has 3 aromatic rings. The monoisotopic (exact) mass is 553 g/mol. The Morgan fingerprint density at radius 3 is 2.59 bits per heavy atom. The topological polar surface area (TPSA) is 121 Å². The lowest BCUT2D eigenvalue weighted by Crippen LogP contribution is -2.47. The summed E-state index contributed by atoms with van der Waals surface area (Å²) in [5, 5.41) is 6.35. The van der Waals surface area contributed by atoms with Crippen molar-refractivity contribution in [2.75, 3.05) is 5.32 Å². The summed E-state index contributed by atoms with van der Waals surface area (Å²) in [6.07, 6.45) is -2.59. The largest absolute Gasteiger partial charge is 0.485 e. The average molecular weight is 553 g/mol. The number of primary amides is 1. The van der Waals surface area contributed by atoms with Crippen LogP contribution >= 0.6 is 0 Å². The smallest absolute Gasteiger partial charge is 0.417 e. The van der Waals surface area contributed by atoms with Gasteiger partial charge in [0.15, 0.2) is 17.2 Å². The Morgan fingerprint density at radius 1 is 1.26 bits per heavy atom. The van der Waals surface area contributed by atoms with Gasteiger partial charge >= 0.3 is 6.18 Å². The number of hydrogen-bond acceptors (Lipinski definition) is 6. The second-order valence-electron chi connectivity index (χ2n) is 9.33. The molecule has 0 spiro atoms. The SMILES string of the molecule is C[C@H]1[C@@H](c2ccc(F)c(F)c2OCc2cnn(C)c2)[C@H](C(=O)Nc2ccnc(C(N)=O)c2)O[C@@]1(C)C(F)(F)F. The van der Waals surface area contributed by atoms with Gasteiger partial charge in [-0.25, -0.2) is 4.39 Å². The van der Waals surface area contributed by atoms with Crippen LogP contribution in [0.15, 0.2) is 42.9 Å². The summed E-state index contributed by atoms with van der Waals surface area (Å²) < 4.78 is 84.3. The number of carbonyl (C=O) groups is 2. The number of nitrogens with one attached hydrogen (secondary N) is 1. The molecular weight excluding hydrogens is 529 g/mol. The fourth-order valence-corrected chi connectivity index (χ4v) is 4.54. The number of nitrogens with two attached hydrogens (primary N) is 1. The Labute approximate surface area is 219 Å². The van der Waals surface area contributed by atoms with Crippen LogP contribution in [0.2, 0.25) is 0 Å². The summed E-state index contributed by atoms with van der Waals surface area (Å²) in [5.74, 6) is -8.15. The molecule has 0 saturated carbocycles. The molecule has 0 aliphatic carbocycles. The number of carbonyl (C=O) groups excluding carboxylic acids is 2. The van der Waals surface area contributed by atoms with E-state index in [1.54, 1.807) is 13.2 Å². The third-order valence-electron chi connectivity index (χ3n) is 6.79. The lowest BCUT2D eigenvalue weighted by Gasteiger charge is -2.32. The van der Waals surface area contributed by atoms with E-state index in [4.69, 9.17) is 15.2 Å². The number of hydrogen-bond donors (Lipinski definition) is 2. The highest BCUT2D eigenvalue weighted by atomic mass is 19.4. The maximum absolute atomic E-state index is 15.0. The van der Waals surface area contributed by atoms with Crippen molar-refractivity contribution in [2.24, 2.45) is 18.7 Å². The van der Waals surface area contributed by atoms with Crippen LogP contribution in [0.5, 0.6) is 5.75 Å². The van der Waals surface area contributed by atoms with Crippen molar-refractivity contribution in [3.63, 3.8) is 0 Å². The van der Waals surface area contributed by atoms with E-state index in [0.29, 0.717) is 5.56 Å². The van der Waals surface area contributed by atoms with Crippen molar-refractivity contribution in [2.45, 2.75) is 44.3 Å². The lowest BCUT2D eigenvalue weighted by molar-refractivity contribution is -0.272. The predicted molar refractivity (Wildman–Crippen MR) is 127 cm³/mol. The van der Waals surface area contributed by atoms with E-state index < -0.39 is 58.9 Å². The van der Waals surface area contributed by atoms with Gasteiger partial charge in [0.2, 0.25) is 5.82 Å². The first-order valence-corrected chi connectivity index (χ1v) is 11.6. The summed E-state index contributed by atoms with van der Waals surface area (Å²) in [6.45, 7) is 1.71. The molecule has 1 aromatic carbocycles. The molecule has 1 saturated heterocycles. The molecule has 1 aliphatic rings. The molecule has 2 amide bonds. The molecule has 14 heteroatoms. The molecule has 1 fully saturated rings. The van der Waals surface area contributed by atoms with E-state index in [2.05, 4.69) is 15.4 Å². The molecule has 0 bridgehead atoms. The van der Waals surface area contributed by atoms with E-state index in [9.17, 15) is 27.2 Å². The molecule has 4 atom stereocenters. The van der Waals surface area contributed by atoms with E-state index in [1.807, 2.05) is 0 Å². The number of alkyl halides is 3. The van der Waals surface area contributed by atoms with Crippen LogP contribution in [-0.2, 0) is 23.2 Å². The number of ether oxygens (including phenoxy) is 2. The van der Waals surface area contributed by atoms with Crippen LogP contribution in [0.3, 0.4) is 0 Å². The molecule has 0 unspecified atom stereocenters. The molecule has 1 aliphatic heterocycles. The van der Waals surface area contributed by atoms with Crippen LogP contribution in [0, 0.1) is 17.6 Å². The predicted octanol–water partition coefficient (Wildman–Crippen LogP) is 3.85. The first kappa shape index (κ1) is 28.0. The van der Waals surface area contributed by atoms with E-state index >= 15 is 4.39 Å². The standard InChI is InChI=1S/C25H24F5N5O4/c1-12-18(15-4-5-16(26)19(27)20(15)38-11-13-9-33-35(3)10-13)21(39-24(12,2)25(28,29)30)23(37)34-14-6-7-32-17(8-14)22(31)36/h4-10,12,18,21H,11H2,1-3H3,(H2,31,36)(H,32,34,37)/t12-,18-,21+,24+/m0/s1. The molecule has 2 aromatic heterocycles. The quantitative estimate of drug-likeness (QED) is 0.429. The number of nitrogens with zero attached hydrogens (tertiary/aromatic N) is 3. The van der Waals surface area contributed by atoms with Gasteiger partial charge in [-0.1, -0.05) is 13.0 Å². The summed E-state index contributed by atoms with van der Waals surface area (Å²) in [7, 11) is 1.63. The third-order valence-corrected chi connectivity index (χ3v) is 6.79. The van der Waals surface area contributed by atoms with Crippen LogP contribution in [0.4, 0.5) is 27.6 Å². The van der Waals surface area contributed by atoms with Crippen molar-refractivity contribution >= 4 is 17.5 Å². The molecule has 3 heterocycles. The number of pyridine rings is 1. The minimum atomic E-state index is -4.93. The highest BCUT2D eigenvalue weighted by Crippen LogP contribution is 2.55. The second-order valence-corrected chi connectivity index (χ2v) is 9.33. The summed E-state index contributed by atoms with van der Waals surface area (Å²) >= 11 is 0. The first-order valence-electron chi connectivity index (χ1n) is 11.6. The number of aryl methyl sites for hydroxylation is 1. The van der Waals surface area contributed by atoms with E-state index in [-0.39, 0.29) is 23.6 Å². The van der Waals surface area contributed by atoms with E-state index in [1.165, 1.54) is 30.1 Å². The van der Waals surface area contributed by atoms with Gasteiger partial charge in [-0.3, -0.25) is 19.3 Å². The van der Waals surface area contributed by atoms with Crippen molar-refractivity contribution < 1.29 is 41.0 Å². The molecular formula is C25H24F5N5O4. The highest BCUT2D eigenvalue weighted by Gasteiger charge is 2.66. The van der Waals surface area contributed by atoms with Gasteiger partial charge in [0.1, 0.15) is 18.4 Å². The van der Waals surface area contributed by atoms with Gasteiger partial charge in [0, 0.05) is 48.1 Å². The number of aromatic nitrogens is 3. The summed E-state index contributed by atoms with van der Waals surface area (Å²) in [4.78, 5) is 28.5. The first-order chi connectivity index (χ1) is 18.2. The van der Waals surface area contributed by atoms with Gasteiger partial charge < -0.3 is 20.5 Å². The Balaban J connectivity index is 1.76. The fraction of sp³-hybridized carbons (Fsp3) is 0.360. The minimum absolute atomic E-state index is 0.0118. The van der Waals surface area contributed by atoms with Crippen LogP contribution in [0.25, 0.3) is 0 Å². The average Bonchev–Trinajstić information content (AvgIpc) is 3.40. The fourth-order valence-electron chi connectivity index (χ4n) is 4.54. The van der Waals surface area contributed by atoms with Crippen molar-refractivity contribution in [3.05, 3.63) is 71.3 Å². The maximum Gasteiger partial charge on any atom is 0.417 e. The molecule has 9 nitrogen and oxygen atoms in total. The molecule has 39 heavy (non-hydrogen) atoms. The van der Waals surface area contributed by atoms with Crippen molar-refractivity contribution in [1.82, 2.24) is 14.8 Å². The number of benzene rings is 1. The zero-order chi connectivity index (χ0) is 28.7. The van der Waals surface area contributed by atoms with Crippen LogP contribution in [-0.4, -0.2) is 44.5 Å². The second kappa shape index (κ2) is 10.2. The summed E-state index contributed by atoms with van der Waals surface area (Å²) in [6, 6.07) is 4.24. The molecule has 208 valence electrons. The Kier molecular flexibility index (Phi) is 7.34. The van der Waals surface area contributed by atoms with Gasteiger partial charge in [-0.15, -0.1) is 0 Å². The van der Waals surface area contributed by atoms with Crippen molar-refractivity contribution in [1.29, 1.82) is 0 Å².